The van der Waals surface area contributed by atoms with Gasteiger partial charge < -0.3 is 10.5 Å². The molecular formula is C13H12F3NO3. The maximum atomic E-state index is 12.3. The first-order valence-corrected chi connectivity index (χ1v) is 5.55. The van der Waals surface area contributed by atoms with Crippen LogP contribution in [0.5, 0.6) is 0 Å². The second-order valence-electron chi connectivity index (χ2n) is 3.93. The average Bonchev–Trinajstić information content (AvgIpc) is 2.35. The molecule has 0 fully saturated rings. The number of hydrogen-bond acceptors (Lipinski definition) is 3. The molecule has 1 amide bonds. The zero-order valence-corrected chi connectivity index (χ0v) is 10.5. The van der Waals surface area contributed by atoms with Crippen LogP contribution < -0.4 is 5.73 Å². The normalized spacial score (nSPS) is 13.2. The SMILES string of the molecule is CC(OC(=O)/C=C/c1ccc(C(F)(F)F)cc1)C(N)=O. The van der Waals surface area contributed by atoms with Crippen LogP contribution in [0.2, 0.25) is 0 Å². The van der Waals surface area contributed by atoms with Crippen LogP contribution in [0.15, 0.2) is 30.3 Å². The number of rotatable bonds is 4. The largest absolute Gasteiger partial charge is 0.449 e. The minimum absolute atomic E-state index is 0.390. The summed E-state index contributed by atoms with van der Waals surface area (Å²) < 4.78 is 41.6. The number of alkyl halides is 3. The summed E-state index contributed by atoms with van der Waals surface area (Å²) in [5, 5.41) is 0. The molecule has 0 bridgehead atoms. The maximum Gasteiger partial charge on any atom is 0.416 e. The van der Waals surface area contributed by atoms with Gasteiger partial charge in [0.15, 0.2) is 6.10 Å². The number of carbonyl (C=O) groups excluding carboxylic acids is 2. The number of benzene rings is 1. The zero-order valence-electron chi connectivity index (χ0n) is 10.5. The molecule has 0 saturated heterocycles. The Morgan fingerprint density at radius 1 is 1.25 bits per heavy atom. The van der Waals surface area contributed by atoms with Gasteiger partial charge in [-0.05, 0) is 30.7 Å². The van der Waals surface area contributed by atoms with Crippen LogP contribution in [0.4, 0.5) is 13.2 Å². The molecule has 20 heavy (non-hydrogen) atoms. The lowest BCUT2D eigenvalue weighted by molar-refractivity contribution is -0.148. The standard InChI is InChI=1S/C13H12F3NO3/c1-8(12(17)19)20-11(18)7-4-9-2-5-10(6-3-9)13(14,15)16/h2-8H,1H3,(H2,17,19)/b7-4+. The Balaban J connectivity index is 2.67. The van der Waals surface area contributed by atoms with Gasteiger partial charge in [-0.1, -0.05) is 12.1 Å². The third kappa shape index (κ3) is 4.75. The van der Waals surface area contributed by atoms with E-state index in [9.17, 15) is 22.8 Å². The van der Waals surface area contributed by atoms with Gasteiger partial charge in [-0.25, -0.2) is 4.79 Å². The highest BCUT2D eigenvalue weighted by Crippen LogP contribution is 2.29. The molecule has 0 aliphatic rings. The first kappa shape index (κ1) is 15.7. The number of primary amides is 1. The number of halogens is 3. The fourth-order valence-corrected chi connectivity index (χ4v) is 1.22. The molecule has 0 spiro atoms. The molecule has 0 saturated carbocycles. The molecule has 108 valence electrons. The van der Waals surface area contributed by atoms with Gasteiger partial charge in [-0.2, -0.15) is 13.2 Å². The molecule has 1 rings (SSSR count). The number of esters is 1. The Morgan fingerprint density at radius 3 is 2.25 bits per heavy atom. The lowest BCUT2D eigenvalue weighted by Gasteiger charge is -2.07. The number of amides is 1. The van der Waals surface area contributed by atoms with E-state index in [-0.39, 0.29) is 0 Å². The maximum absolute atomic E-state index is 12.3. The second-order valence-corrected chi connectivity index (χ2v) is 3.93. The fraction of sp³-hybridized carbons (Fsp3) is 0.231. The minimum atomic E-state index is -4.40. The Hall–Kier alpha value is -2.31. The molecular weight excluding hydrogens is 275 g/mol. The highest BCUT2D eigenvalue weighted by molar-refractivity contribution is 5.89. The quantitative estimate of drug-likeness (QED) is 0.681. The zero-order chi connectivity index (χ0) is 15.3. The lowest BCUT2D eigenvalue weighted by Crippen LogP contribution is -2.29. The van der Waals surface area contributed by atoms with E-state index in [2.05, 4.69) is 4.74 Å². The summed E-state index contributed by atoms with van der Waals surface area (Å²) in [6.07, 6.45) is -3.20. The van der Waals surface area contributed by atoms with E-state index in [0.717, 1.165) is 18.2 Å². The van der Waals surface area contributed by atoms with E-state index in [1.807, 2.05) is 0 Å². The number of ether oxygens (including phenoxy) is 1. The second kappa shape index (κ2) is 6.23. The number of carbonyl (C=O) groups is 2. The first-order chi connectivity index (χ1) is 9.20. The van der Waals surface area contributed by atoms with Gasteiger partial charge in [0.2, 0.25) is 0 Å². The highest BCUT2D eigenvalue weighted by Gasteiger charge is 2.29. The van der Waals surface area contributed by atoms with Gasteiger partial charge in [0.1, 0.15) is 0 Å². The van der Waals surface area contributed by atoms with Crippen LogP contribution in [0.25, 0.3) is 6.08 Å². The van der Waals surface area contributed by atoms with Crippen LogP contribution in [0.3, 0.4) is 0 Å². The number of nitrogens with two attached hydrogens (primary N) is 1. The fourth-order valence-electron chi connectivity index (χ4n) is 1.22. The van der Waals surface area contributed by atoms with Crippen LogP contribution >= 0.6 is 0 Å². The van der Waals surface area contributed by atoms with Gasteiger partial charge in [0, 0.05) is 6.08 Å². The van der Waals surface area contributed by atoms with E-state index in [0.29, 0.717) is 5.56 Å². The van der Waals surface area contributed by atoms with Gasteiger partial charge in [-0.15, -0.1) is 0 Å². The highest BCUT2D eigenvalue weighted by atomic mass is 19.4. The van der Waals surface area contributed by atoms with Crippen LogP contribution in [0.1, 0.15) is 18.1 Å². The molecule has 0 aromatic heterocycles. The van der Waals surface area contributed by atoms with Gasteiger partial charge in [0.25, 0.3) is 5.91 Å². The van der Waals surface area contributed by atoms with Crippen LogP contribution in [-0.2, 0) is 20.5 Å². The van der Waals surface area contributed by atoms with Crippen molar-refractivity contribution in [1.82, 2.24) is 0 Å². The first-order valence-electron chi connectivity index (χ1n) is 5.55. The summed E-state index contributed by atoms with van der Waals surface area (Å²) in [5.41, 5.74) is 4.51. The topological polar surface area (TPSA) is 69.4 Å². The van der Waals surface area contributed by atoms with E-state index in [4.69, 9.17) is 5.73 Å². The summed E-state index contributed by atoms with van der Waals surface area (Å²) in [6.45, 7) is 1.31. The van der Waals surface area contributed by atoms with Gasteiger partial charge >= 0.3 is 12.1 Å². The van der Waals surface area contributed by atoms with Crippen LogP contribution in [-0.4, -0.2) is 18.0 Å². The Kier molecular flexibility index (Phi) is 4.90. The van der Waals surface area contributed by atoms with E-state index < -0.39 is 29.7 Å². The third-order valence-electron chi connectivity index (χ3n) is 2.34. The molecule has 1 unspecified atom stereocenters. The van der Waals surface area contributed by atoms with Crippen molar-refractivity contribution in [3.8, 4) is 0 Å². The molecule has 2 N–H and O–H groups in total. The molecule has 0 radical (unpaired) electrons. The smallest absolute Gasteiger partial charge is 0.416 e. The van der Waals surface area contributed by atoms with E-state index in [1.54, 1.807) is 0 Å². The molecule has 1 aromatic rings. The van der Waals surface area contributed by atoms with Crippen LogP contribution in [0, 0.1) is 0 Å². The molecule has 1 atom stereocenters. The summed E-state index contributed by atoms with van der Waals surface area (Å²) in [5.74, 6) is -1.60. The van der Waals surface area contributed by atoms with Gasteiger partial charge in [-0.3, -0.25) is 4.79 Å². The Morgan fingerprint density at radius 2 is 1.80 bits per heavy atom. The lowest BCUT2D eigenvalue weighted by atomic mass is 10.1. The van der Waals surface area contributed by atoms with E-state index >= 15 is 0 Å². The Bertz CT molecular complexity index is 521. The monoisotopic (exact) mass is 287 g/mol. The average molecular weight is 287 g/mol. The molecule has 7 heteroatoms. The molecule has 1 aromatic carbocycles. The van der Waals surface area contributed by atoms with Crippen molar-refractivity contribution in [3.05, 3.63) is 41.5 Å². The van der Waals surface area contributed by atoms with Crippen molar-refractivity contribution in [2.45, 2.75) is 19.2 Å². The van der Waals surface area contributed by atoms with Crippen molar-refractivity contribution in [2.24, 2.45) is 5.73 Å². The van der Waals surface area contributed by atoms with Crippen molar-refractivity contribution in [3.63, 3.8) is 0 Å². The van der Waals surface area contributed by atoms with Crippen molar-refractivity contribution in [2.75, 3.05) is 0 Å². The minimum Gasteiger partial charge on any atom is -0.449 e. The molecule has 0 heterocycles. The third-order valence-corrected chi connectivity index (χ3v) is 2.34. The summed E-state index contributed by atoms with van der Waals surface area (Å²) in [4.78, 5) is 21.9. The van der Waals surface area contributed by atoms with Crippen molar-refractivity contribution >= 4 is 18.0 Å². The predicted molar refractivity (Wildman–Crippen MR) is 65.2 cm³/mol. The Labute approximate surface area is 113 Å². The summed E-state index contributed by atoms with van der Waals surface area (Å²) >= 11 is 0. The summed E-state index contributed by atoms with van der Waals surface area (Å²) in [6, 6.07) is 4.22. The molecule has 0 aliphatic heterocycles. The number of hydrogen-bond donors (Lipinski definition) is 1. The molecule has 0 aliphatic carbocycles. The van der Waals surface area contributed by atoms with Gasteiger partial charge in [0.05, 0.1) is 5.56 Å². The predicted octanol–water partition coefficient (Wildman–Crippen LogP) is 2.14. The van der Waals surface area contributed by atoms with Crippen molar-refractivity contribution in [1.29, 1.82) is 0 Å². The van der Waals surface area contributed by atoms with Crippen molar-refractivity contribution < 1.29 is 27.5 Å². The molecule has 4 nitrogen and oxygen atoms in total. The summed E-state index contributed by atoms with van der Waals surface area (Å²) in [7, 11) is 0. The van der Waals surface area contributed by atoms with E-state index in [1.165, 1.54) is 25.1 Å².